The Bertz CT molecular complexity index is 604. The van der Waals surface area contributed by atoms with E-state index in [1.165, 1.54) is 0 Å². The van der Waals surface area contributed by atoms with Gasteiger partial charge in [0, 0.05) is 36.0 Å². The highest BCUT2D eigenvalue weighted by molar-refractivity contribution is 6.31. The number of rotatable bonds is 1. The first-order valence-electron chi connectivity index (χ1n) is 7.08. The molecule has 0 aliphatic carbocycles. The third-order valence-corrected chi connectivity index (χ3v) is 4.17. The van der Waals surface area contributed by atoms with Crippen molar-refractivity contribution in [1.29, 1.82) is 5.26 Å². The summed E-state index contributed by atoms with van der Waals surface area (Å²) < 4.78 is 5.57. The van der Waals surface area contributed by atoms with Gasteiger partial charge in [-0.3, -0.25) is 0 Å². The maximum Gasteiger partial charge on any atom is 0.321 e. The molecule has 1 fully saturated rings. The molecular weight excluding hydrogens is 290 g/mol. The van der Waals surface area contributed by atoms with E-state index in [4.69, 9.17) is 21.6 Å². The summed E-state index contributed by atoms with van der Waals surface area (Å²) in [5.74, 6) is 0.785. The van der Waals surface area contributed by atoms with E-state index in [1.807, 2.05) is 6.07 Å². The summed E-state index contributed by atoms with van der Waals surface area (Å²) in [7, 11) is 0. The van der Waals surface area contributed by atoms with Crippen molar-refractivity contribution < 1.29 is 9.53 Å². The number of ether oxygens (including phenoxy) is 1. The number of anilines is 1. The lowest BCUT2D eigenvalue weighted by Gasteiger charge is -2.29. The first-order valence-corrected chi connectivity index (χ1v) is 7.46. The second-order valence-corrected chi connectivity index (χ2v) is 5.80. The number of hydrogen-bond donors (Lipinski definition) is 1. The number of benzene rings is 1. The fourth-order valence-electron chi connectivity index (χ4n) is 2.77. The third kappa shape index (κ3) is 2.91. The maximum atomic E-state index is 12.3. The van der Waals surface area contributed by atoms with Crippen LogP contribution in [0.2, 0.25) is 5.02 Å². The molecular formula is C15H16ClN3O2. The molecule has 3 rings (SSSR count). The van der Waals surface area contributed by atoms with Crippen molar-refractivity contribution in [3.63, 3.8) is 0 Å². The van der Waals surface area contributed by atoms with Crippen LogP contribution in [0.3, 0.4) is 0 Å². The number of likely N-dealkylation sites (tertiary alicyclic amines) is 1. The summed E-state index contributed by atoms with van der Waals surface area (Å²) in [5.41, 5.74) is 1.66. The van der Waals surface area contributed by atoms with Crippen LogP contribution in [0.15, 0.2) is 12.1 Å². The van der Waals surface area contributed by atoms with E-state index in [1.54, 1.807) is 11.0 Å². The summed E-state index contributed by atoms with van der Waals surface area (Å²) >= 11 is 6.08. The highest BCUT2D eigenvalue weighted by atomic mass is 35.5. The Balaban J connectivity index is 1.70. The Morgan fingerprint density at radius 2 is 2.19 bits per heavy atom. The molecule has 0 atom stereocenters. The lowest BCUT2D eigenvalue weighted by Crippen LogP contribution is -2.40. The summed E-state index contributed by atoms with van der Waals surface area (Å²) in [4.78, 5) is 14.0. The van der Waals surface area contributed by atoms with E-state index in [0.717, 1.165) is 30.6 Å². The number of hydrogen-bond acceptors (Lipinski definition) is 3. The molecule has 1 aromatic rings. The van der Waals surface area contributed by atoms with Gasteiger partial charge in [-0.15, -0.1) is 0 Å². The number of piperidine rings is 1. The molecule has 2 aliphatic heterocycles. The fourth-order valence-corrected chi connectivity index (χ4v) is 3.01. The smallest absolute Gasteiger partial charge is 0.321 e. The predicted octanol–water partition coefficient (Wildman–Crippen LogP) is 3.04. The van der Waals surface area contributed by atoms with Crippen LogP contribution in [0.1, 0.15) is 18.4 Å². The molecule has 21 heavy (non-hydrogen) atoms. The van der Waals surface area contributed by atoms with Gasteiger partial charge in [0.25, 0.3) is 0 Å². The van der Waals surface area contributed by atoms with Crippen LogP contribution in [0.5, 0.6) is 5.75 Å². The summed E-state index contributed by atoms with van der Waals surface area (Å²) in [5, 5.41) is 12.4. The molecule has 5 nitrogen and oxygen atoms in total. The van der Waals surface area contributed by atoms with Crippen molar-refractivity contribution in [3.8, 4) is 11.8 Å². The molecule has 1 saturated heterocycles. The van der Waals surface area contributed by atoms with Gasteiger partial charge in [-0.2, -0.15) is 5.26 Å². The minimum Gasteiger partial charge on any atom is -0.491 e. The number of fused-ring (bicyclic) bond motifs is 1. The Morgan fingerprint density at radius 3 is 2.90 bits per heavy atom. The minimum atomic E-state index is -0.161. The monoisotopic (exact) mass is 305 g/mol. The fraction of sp³-hybridized carbons (Fsp3) is 0.467. The zero-order valence-electron chi connectivity index (χ0n) is 11.6. The van der Waals surface area contributed by atoms with Crippen molar-refractivity contribution in [2.75, 3.05) is 25.0 Å². The van der Waals surface area contributed by atoms with Gasteiger partial charge in [0.15, 0.2) is 0 Å². The highest BCUT2D eigenvalue weighted by Crippen LogP contribution is 2.36. The van der Waals surface area contributed by atoms with Crippen LogP contribution in [0.4, 0.5) is 10.5 Å². The van der Waals surface area contributed by atoms with Crippen LogP contribution >= 0.6 is 11.6 Å². The van der Waals surface area contributed by atoms with E-state index in [9.17, 15) is 4.79 Å². The molecule has 1 N–H and O–H groups in total. The lowest BCUT2D eigenvalue weighted by molar-refractivity contribution is 0.192. The molecule has 2 aliphatic rings. The molecule has 0 unspecified atom stereocenters. The summed E-state index contributed by atoms with van der Waals surface area (Å²) in [6.45, 7) is 1.83. The number of amides is 2. The van der Waals surface area contributed by atoms with Crippen molar-refractivity contribution in [2.45, 2.75) is 19.3 Å². The Kier molecular flexibility index (Phi) is 3.89. The van der Waals surface area contributed by atoms with Crippen molar-refractivity contribution >= 4 is 23.3 Å². The van der Waals surface area contributed by atoms with Crippen LogP contribution in [-0.4, -0.2) is 30.6 Å². The third-order valence-electron chi connectivity index (χ3n) is 3.95. The number of carbonyl (C=O) groups excluding carboxylic acids is 1. The van der Waals surface area contributed by atoms with Crippen molar-refractivity contribution in [1.82, 2.24) is 4.90 Å². The molecule has 2 amide bonds. The number of urea groups is 1. The molecule has 0 spiro atoms. The Morgan fingerprint density at radius 1 is 1.43 bits per heavy atom. The molecule has 1 aromatic carbocycles. The number of nitriles is 1. The van der Waals surface area contributed by atoms with Gasteiger partial charge < -0.3 is 15.0 Å². The van der Waals surface area contributed by atoms with Crippen molar-refractivity contribution in [2.24, 2.45) is 5.92 Å². The number of nitrogens with zero attached hydrogens (tertiary/aromatic N) is 2. The van der Waals surface area contributed by atoms with Crippen LogP contribution < -0.4 is 10.1 Å². The van der Waals surface area contributed by atoms with E-state index in [2.05, 4.69) is 11.4 Å². The van der Waals surface area contributed by atoms with Crippen LogP contribution in [-0.2, 0) is 6.42 Å². The SMILES string of the molecule is N#CC1CCN(C(=O)Nc2cc(Cl)cc3c2OCC3)CC1. The molecule has 2 heterocycles. The first-order chi connectivity index (χ1) is 10.2. The summed E-state index contributed by atoms with van der Waals surface area (Å²) in [6.07, 6.45) is 2.27. The highest BCUT2D eigenvalue weighted by Gasteiger charge is 2.24. The number of carbonyl (C=O) groups is 1. The zero-order valence-corrected chi connectivity index (χ0v) is 12.3. The molecule has 110 valence electrons. The van der Waals surface area contributed by atoms with Gasteiger partial charge in [-0.25, -0.2) is 4.79 Å². The lowest BCUT2D eigenvalue weighted by atomic mass is 9.99. The van der Waals surface area contributed by atoms with Crippen LogP contribution in [0, 0.1) is 17.2 Å². The van der Waals surface area contributed by atoms with Gasteiger partial charge in [-0.05, 0) is 25.0 Å². The molecule has 0 aromatic heterocycles. The average Bonchev–Trinajstić information content (AvgIpc) is 2.95. The normalized spacial score (nSPS) is 17.8. The predicted molar refractivity (Wildman–Crippen MR) is 79.6 cm³/mol. The minimum absolute atomic E-state index is 0.0628. The molecule has 0 saturated carbocycles. The quantitative estimate of drug-likeness (QED) is 0.867. The average molecular weight is 306 g/mol. The largest absolute Gasteiger partial charge is 0.491 e. The topological polar surface area (TPSA) is 65.4 Å². The standard InChI is InChI=1S/C15H16ClN3O2/c16-12-7-11-3-6-21-14(11)13(8-12)18-15(20)19-4-1-10(9-17)2-5-19/h7-8,10H,1-6H2,(H,18,20). The zero-order chi connectivity index (χ0) is 14.8. The first kappa shape index (κ1) is 14.0. The van der Waals surface area contributed by atoms with E-state index < -0.39 is 0 Å². The van der Waals surface area contributed by atoms with Crippen LogP contribution in [0.25, 0.3) is 0 Å². The molecule has 6 heteroatoms. The second kappa shape index (κ2) is 5.82. The number of halogens is 1. The molecule has 0 radical (unpaired) electrons. The Hall–Kier alpha value is -1.93. The number of nitrogens with one attached hydrogen (secondary N) is 1. The summed E-state index contributed by atoms with van der Waals surface area (Å²) in [6, 6.07) is 5.68. The van der Waals surface area contributed by atoms with E-state index in [-0.39, 0.29) is 11.9 Å². The van der Waals surface area contributed by atoms with Gasteiger partial charge >= 0.3 is 6.03 Å². The van der Waals surface area contributed by atoms with Gasteiger partial charge in [-0.1, -0.05) is 11.6 Å². The van der Waals surface area contributed by atoms with E-state index >= 15 is 0 Å². The second-order valence-electron chi connectivity index (χ2n) is 5.36. The maximum absolute atomic E-state index is 12.3. The Labute approximate surface area is 128 Å². The van der Waals surface area contributed by atoms with Crippen molar-refractivity contribution in [3.05, 3.63) is 22.7 Å². The molecule has 0 bridgehead atoms. The van der Waals surface area contributed by atoms with Gasteiger partial charge in [0.1, 0.15) is 5.75 Å². The van der Waals surface area contributed by atoms with Gasteiger partial charge in [0.05, 0.1) is 18.4 Å². The van der Waals surface area contributed by atoms with E-state index in [0.29, 0.717) is 30.4 Å². The van der Waals surface area contributed by atoms with Gasteiger partial charge in [0.2, 0.25) is 0 Å².